The van der Waals surface area contributed by atoms with E-state index >= 15 is 0 Å². The molecule has 0 saturated carbocycles. The average Bonchev–Trinajstić information content (AvgIpc) is 2.68. The zero-order valence-corrected chi connectivity index (χ0v) is 16.9. The van der Waals surface area contributed by atoms with Gasteiger partial charge in [0.15, 0.2) is 6.54 Å². The van der Waals surface area contributed by atoms with Gasteiger partial charge >= 0.3 is 0 Å². The van der Waals surface area contributed by atoms with Crippen molar-refractivity contribution in [3.8, 4) is 0 Å². The third kappa shape index (κ3) is 5.24. The number of rotatable bonds is 6. The zero-order chi connectivity index (χ0) is 19.2. The molecule has 1 fully saturated rings. The Morgan fingerprint density at radius 2 is 1.93 bits per heavy atom. The van der Waals surface area contributed by atoms with Crippen molar-refractivity contribution < 1.29 is 9.69 Å². The third-order valence-corrected chi connectivity index (χ3v) is 5.67. The van der Waals surface area contributed by atoms with Gasteiger partial charge in [0, 0.05) is 16.4 Å². The molecule has 1 aliphatic heterocycles. The molecule has 1 saturated heterocycles. The summed E-state index contributed by atoms with van der Waals surface area (Å²) in [4.78, 5) is 16.2. The van der Waals surface area contributed by atoms with Gasteiger partial charge in [0.1, 0.15) is 0 Å². The summed E-state index contributed by atoms with van der Waals surface area (Å²) in [6, 6.07) is 16.1. The summed E-state index contributed by atoms with van der Waals surface area (Å²) >= 11 is 6.10. The lowest BCUT2D eigenvalue weighted by molar-refractivity contribution is -0.892. The molecule has 3 rings (SSSR count). The van der Waals surface area contributed by atoms with Crippen molar-refractivity contribution in [1.82, 2.24) is 0 Å². The van der Waals surface area contributed by atoms with Gasteiger partial charge in [-0.25, -0.2) is 0 Å². The normalized spacial score (nSPS) is 16.2. The minimum absolute atomic E-state index is 0.0944. The van der Waals surface area contributed by atoms with Gasteiger partial charge in [-0.2, -0.15) is 0 Å². The first-order valence-electron chi connectivity index (χ1n) is 9.79. The molecule has 2 aromatic rings. The highest BCUT2D eigenvalue weighted by molar-refractivity contribution is 6.30. The molecule has 2 aromatic carbocycles. The molecule has 4 nitrogen and oxygen atoms in total. The molecule has 1 atom stereocenters. The fraction of sp³-hybridized carbons (Fsp3) is 0.409. The number of quaternary nitrogens is 1. The average molecular weight is 387 g/mol. The molecule has 1 amide bonds. The molecule has 0 spiro atoms. The molecule has 0 unspecified atom stereocenters. The number of carbonyl (C=O) groups is 1. The van der Waals surface area contributed by atoms with Crippen LogP contribution in [0.25, 0.3) is 0 Å². The number of anilines is 2. The second kappa shape index (κ2) is 9.25. The first-order chi connectivity index (χ1) is 13.1. The number of carbonyl (C=O) groups excluding carboxylic acids is 1. The maximum absolute atomic E-state index is 12.6. The number of nitrogens with zero attached hydrogens (tertiary/aromatic N) is 1. The van der Waals surface area contributed by atoms with E-state index in [2.05, 4.69) is 36.2 Å². The summed E-state index contributed by atoms with van der Waals surface area (Å²) in [5.41, 5.74) is 3.33. The number of para-hydroxylation sites is 1. The van der Waals surface area contributed by atoms with Gasteiger partial charge < -0.3 is 15.1 Å². The molecule has 27 heavy (non-hydrogen) atoms. The highest BCUT2D eigenvalue weighted by Gasteiger charge is 2.23. The van der Waals surface area contributed by atoms with Crippen LogP contribution in [-0.2, 0) is 4.79 Å². The van der Waals surface area contributed by atoms with Gasteiger partial charge in [0.2, 0.25) is 0 Å². The van der Waals surface area contributed by atoms with Crippen molar-refractivity contribution in [3.05, 3.63) is 59.1 Å². The van der Waals surface area contributed by atoms with E-state index in [-0.39, 0.29) is 5.91 Å². The van der Waals surface area contributed by atoms with Crippen LogP contribution in [-0.4, -0.2) is 38.6 Å². The molecule has 2 N–H and O–H groups in total. The zero-order valence-electron chi connectivity index (χ0n) is 16.2. The number of hydrogen-bond acceptors (Lipinski definition) is 2. The summed E-state index contributed by atoms with van der Waals surface area (Å²) in [5.74, 6) is 0.534. The largest absolute Gasteiger partial charge is 0.360 e. The molecule has 0 aromatic heterocycles. The van der Waals surface area contributed by atoms with Crippen LogP contribution in [0.5, 0.6) is 0 Å². The first-order valence-corrected chi connectivity index (χ1v) is 10.2. The van der Waals surface area contributed by atoms with Crippen molar-refractivity contribution >= 4 is 28.9 Å². The standard InChI is InChI=1S/C22H28ClN3O/c1-3-17(2)20-9-4-5-10-21(20)24-22(27)16-25-11-13-26(14-12-25)19-8-6-7-18(23)15-19/h4-10,15,17H,3,11-14,16H2,1-2H3,(H,24,27)/p+1/t17-/m1/s1. The maximum atomic E-state index is 12.6. The maximum Gasteiger partial charge on any atom is 0.279 e. The molecular weight excluding hydrogens is 358 g/mol. The third-order valence-electron chi connectivity index (χ3n) is 5.43. The Balaban J connectivity index is 1.53. The lowest BCUT2D eigenvalue weighted by Crippen LogP contribution is -3.15. The SMILES string of the molecule is CC[C@@H](C)c1ccccc1NC(=O)C[NH+]1CCN(c2cccc(Cl)c2)CC1. The van der Waals surface area contributed by atoms with Crippen LogP contribution in [0, 0.1) is 0 Å². The predicted octanol–water partition coefficient (Wildman–Crippen LogP) is 3.20. The number of hydrogen-bond donors (Lipinski definition) is 2. The quantitative estimate of drug-likeness (QED) is 0.799. The van der Waals surface area contributed by atoms with Gasteiger partial charge in [-0.15, -0.1) is 0 Å². The monoisotopic (exact) mass is 386 g/mol. The molecule has 0 aliphatic carbocycles. The van der Waals surface area contributed by atoms with Crippen molar-refractivity contribution in [1.29, 1.82) is 0 Å². The van der Waals surface area contributed by atoms with Gasteiger partial charge in [0.05, 0.1) is 26.2 Å². The Kier molecular flexibility index (Phi) is 6.75. The van der Waals surface area contributed by atoms with E-state index in [9.17, 15) is 4.79 Å². The fourth-order valence-corrected chi connectivity index (χ4v) is 3.80. The molecule has 5 heteroatoms. The molecule has 1 aliphatic rings. The summed E-state index contributed by atoms with van der Waals surface area (Å²) < 4.78 is 0. The van der Waals surface area contributed by atoms with Gasteiger partial charge in [0.25, 0.3) is 5.91 Å². The second-order valence-corrected chi connectivity index (χ2v) is 7.77. The van der Waals surface area contributed by atoms with Crippen LogP contribution in [0.15, 0.2) is 48.5 Å². The van der Waals surface area contributed by atoms with E-state index < -0.39 is 0 Å². The molecule has 1 heterocycles. The topological polar surface area (TPSA) is 36.8 Å². The second-order valence-electron chi connectivity index (χ2n) is 7.34. The Morgan fingerprint density at radius 1 is 1.19 bits per heavy atom. The Hall–Kier alpha value is -2.04. The van der Waals surface area contributed by atoms with Crippen LogP contribution in [0.2, 0.25) is 5.02 Å². The minimum atomic E-state index is 0.0944. The van der Waals surface area contributed by atoms with E-state index in [4.69, 9.17) is 11.6 Å². The first kappa shape index (κ1) is 19.7. The van der Waals surface area contributed by atoms with Gasteiger partial charge in [-0.3, -0.25) is 4.79 Å². The molecule has 0 bridgehead atoms. The van der Waals surface area contributed by atoms with Crippen molar-refractivity contribution in [2.45, 2.75) is 26.2 Å². The van der Waals surface area contributed by atoms with E-state index in [0.29, 0.717) is 12.5 Å². The molecular formula is C22H29ClN3O+. The van der Waals surface area contributed by atoms with E-state index in [1.807, 2.05) is 36.4 Å². The minimum Gasteiger partial charge on any atom is -0.360 e. The van der Waals surface area contributed by atoms with Gasteiger partial charge in [-0.1, -0.05) is 49.7 Å². The van der Waals surface area contributed by atoms with E-state index in [1.54, 1.807) is 0 Å². The summed E-state index contributed by atoms with van der Waals surface area (Å²) in [7, 11) is 0. The Bertz CT molecular complexity index is 772. The van der Waals surface area contributed by atoms with Crippen LogP contribution < -0.4 is 15.1 Å². The number of amides is 1. The summed E-state index contributed by atoms with van der Waals surface area (Å²) in [5, 5.41) is 3.90. The summed E-state index contributed by atoms with van der Waals surface area (Å²) in [6.07, 6.45) is 1.06. The van der Waals surface area contributed by atoms with Crippen molar-refractivity contribution in [2.24, 2.45) is 0 Å². The Labute approximate surface area is 167 Å². The van der Waals surface area contributed by atoms with Crippen LogP contribution in [0.3, 0.4) is 0 Å². The number of nitrogens with one attached hydrogen (secondary N) is 2. The van der Waals surface area contributed by atoms with Crippen molar-refractivity contribution in [2.75, 3.05) is 42.9 Å². The highest BCUT2D eigenvalue weighted by Crippen LogP contribution is 2.26. The molecule has 0 radical (unpaired) electrons. The van der Waals surface area contributed by atoms with Gasteiger partial charge in [-0.05, 0) is 42.2 Å². The number of halogens is 1. The van der Waals surface area contributed by atoms with Crippen LogP contribution in [0.4, 0.5) is 11.4 Å². The molecule has 144 valence electrons. The van der Waals surface area contributed by atoms with Crippen molar-refractivity contribution in [3.63, 3.8) is 0 Å². The predicted molar refractivity (Wildman–Crippen MR) is 113 cm³/mol. The fourth-order valence-electron chi connectivity index (χ4n) is 3.61. The lowest BCUT2D eigenvalue weighted by atomic mass is 9.97. The number of piperazine rings is 1. The highest BCUT2D eigenvalue weighted by atomic mass is 35.5. The van der Waals surface area contributed by atoms with E-state index in [1.165, 1.54) is 10.5 Å². The van der Waals surface area contributed by atoms with Crippen LogP contribution in [0.1, 0.15) is 31.7 Å². The lowest BCUT2D eigenvalue weighted by Gasteiger charge is -2.33. The smallest absolute Gasteiger partial charge is 0.279 e. The van der Waals surface area contributed by atoms with E-state index in [0.717, 1.165) is 49.0 Å². The Morgan fingerprint density at radius 3 is 2.63 bits per heavy atom. The van der Waals surface area contributed by atoms with Crippen LogP contribution >= 0.6 is 11.6 Å². The number of benzene rings is 2. The summed E-state index contributed by atoms with van der Waals surface area (Å²) in [6.45, 7) is 8.66.